The molecule has 0 aromatic rings. The molecule has 0 bridgehead atoms. The molecule has 150 valence electrons. The lowest BCUT2D eigenvalue weighted by Gasteiger charge is -2.08. The van der Waals surface area contributed by atoms with E-state index in [0.29, 0.717) is 0 Å². The zero-order chi connectivity index (χ0) is 18.4. The Morgan fingerprint density at radius 1 is 0.640 bits per heavy atom. The molecule has 0 unspecified atom stereocenters. The molecule has 2 nitrogen and oxygen atoms in total. The highest BCUT2D eigenvalue weighted by molar-refractivity contribution is 4.79. The van der Waals surface area contributed by atoms with Gasteiger partial charge in [-0.05, 0) is 46.1 Å². The molecule has 2 heteroatoms. The van der Waals surface area contributed by atoms with E-state index in [4.69, 9.17) is 0 Å². The van der Waals surface area contributed by atoms with E-state index in [1.165, 1.54) is 109 Å². The molecule has 0 rings (SSSR count). The van der Waals surface area contributed by atoms with Crippen molar-refractivity contribution in [2.75, 3.05) is 27.2 Å². The summed E-state index contributed by atoms with van der Waals surface area (Å²) < 4.78 is 0. The second-order valence-corrected chi connectivity index (χ2v) is 7.90. The molecule has 0 aliphatic carbocycles. The zero-order valence-corrected chi connectivity index (χ0v) is 17.8. The van der Waals surface area contributed by atoms with Crippen LogP contribution in [-0.4, -0.2) is 32.1 Å². The van der Waals surface area contributed by atoms with Crippen molar-refractivity contribution in [2.45, 2.75) is 110 Å². The summed E-state index contributed by atoms with van der Waals surface area (Å²) in [6, 6.07) is 0. The number of nitrogens with zero attached hydrogens (tertiary/aromatic N) is 1. The number of rotatable bonds is 20. The van der Waals surface area contributed by atoms with Gasteiger partial charge in [0.15, 0.2) is 0 Å². The lowest BCUT2D eigenvalue weighted by Crippen LogP contribution is -2.18. The first kappa shape index (κ1) is 24.5. The highest BCUT2D eigenvalue weighted by Crippen LogP contribution is 2.13. The summed E-state index contributed by atoms with van der Waals surface area (Å²) in [6.45, 7) is 4.55. The van der Waals surface area contributed by atoms with Crippen LogP contribution in [0.5, 0.6) is 0 Å². The summed E-state index contributed by atoms with van der Waals surface area (Å²) in [4.78, 5) is 2.24. The van der Waals surface area contributed by atoms with Crippen molar-refractivity contribution in [3.63, 3.8) is 0 Å². The Kier molecular flexibility index (Phi) is 21.1. The van der Waals surface area contributed by atoms with Gasteiger partial charge in [0.2, 0.25) is 0 Å². The average Bonchev–Trinajstić information content (AvgIpc) is 2.60. The maximum Gasteiger partial charge on any atom is 0.0153 e. The summed E-state index contributed by atoms with van der Waals surface area (Å²) in [7, 11) is 4.26. The Bertz CT molecular complexity index is 261. The molecule has 0 saturated carbocycles. The van der Waals surface area contributed by atoms with Gasteiger partial charge in [0.25, 0.3) is 0 Å². The average molecular weight is 353 g/mol. The van der Waals surface area contributed by atoms with Crippen LogP contribution in [0.4, 0.5) is 0 Å². The predicted octanol–water partition coefficient (Wildman–Crippen LogP) is 6.91. The van der Waals surface area contributed by atoms with Crippen molar-refractivity contribution >= 4 is 0 Å². The van der Waals surface area contributed by atoms with Crippen molar-refractivity contribution in [3.05, 3.63) is 12.3 Å². The third-order valence-corrected chi connectivity index (χ3v) is 4.89. The minimum absolute atomic E-state index is 1.09. The Morgan fingerprint density at radius 3 is 1.60 bits per heavy atom. The topological polar surface area (TPSA) is 15.3 Å². The molecule has 0 aromatic heterocycles. The lowest BCUT2D eigenvalue weighted by atomic mass is 10.0. The van der Waals surface area contributed by atoms with E-state index in [2.05, 4.69) is 43.5 Å². The first-order chi connectivity index (χ1) is 12.3. The SMILES string of the molecule is CCCCCCCCCCCCCCCCC=CNCCCN(C)C. The standard InChI is InChI=1S/C23H48N2/c1-4-5-6-7-8-9-10-11-12-13-14-15-16-17-18-19-21-24-22-20-23-25(2)3/h19,21,24H,4-18,20,22-23H2,1-3H3. The minimum atomic E-state index is 1.09. The Hall–Kier alpha value is -0.500. The molecule has 0 amide bonds. The molecule has 0 fully saturated rings. The number of unbranched alkanes of at least 4 members (excludes halogenated alkanes) is 14. The van der Waals surface area contributed by atoms with Crippen LogP contribution in [0, 0.1) is 0 Å². The second-order valence-electron chi connectivity index (χ2n) is 7.90. The molecule has 0 atom stereocenters. The van der Waals surface area contributed by atoms with E-state index >= 15 is 0 Å². The van der Waals surface area contributed by atoms with E-state index < -0.39 is 0 Å². The Balaban J connectivity index is 3.04. The molecule has 25 heavy (non-hydrogen) atoms. The van der Waals surface area contributed by atoms with Gasteiger partial charge >= 0.3 is 0 Å². The summed E-state index contributed by atoms with van der Waals surface area (Å²) in [5.74, 6) is 0. The summed E-state index contributed by atoms with van der Waals surface area (Å²) in [6.07, 6.45) is 27.1. The van der Waals surface area contributed by atoms with Crippen LogP contribution in [0.2, 0.25) is 0 Å². The van der Waals surface area contributed by atoms with Gasteiger partial charge in [-0.15, -0.1) is 0 Å². The van der Waals surface area contributed by atoms with Crippen LogP contribution < -0.4 is 5.32 Å². The maximum absolute atomic E-state index is 3.38. The summed E-state index contributed by atoms with van der Waals surface area (Å²) in [5, 5.41) is 3.38. The number of hydrogen-bond acceptors (Lipinski definition) is 2. The molecule has 0 aromatic carbocycles. The summed E-state index contributed by atoms with van der Waals surface area (Å²) in [5.41, 5.74) is 0. The van der Waals surface area contributed by atoms with Crippen LogP contribution >= 0.6 is 0 Å². The van der Waals surface area contributed by atoms with Crippen molar-refractivity contribution in [2.24, 2.45) is 0 Å². The fourth-order valence-electron chi connectivity index (χ4n) is 3.20. The van der Waals surface area contributed by atoms with Crippen LogP contribution in [0.25, 0.3) is 0 Å². The molecular formula is C23H48N2. The Morgan fingerprint density at radius 2 is 1.12 bits per heavy atom. The largest absolute Gasteiger partial charge is 0.391 e. The molecule has 0 spiro atoms. The van der Waals surface area contributed by atoms with Crippen LogP contribution in [0.1, 0.15) is 110 Å². The van der Waals surface area contributed by atoms with Gasteiger partial charge in [0, 0.05) is 6.54 Å². The molecule has 0 radical (unpaired) electrons. The monoisotopic (exact) mass is 352 g/mol. The first-order valence-corrected chi connectivity index (χ1v) is 11.3. The van der Waals surface area contributed by atoms with E-state index in [9.17, 15) is 0 Å². The van der Waals surface area contributed by atoms with Crippen molar-refractivity contribution in [3.8, 4) is 0 Å². The normalized spacial score (nSPS) is 11.7. The fourth-order valence-corrected chi connectivity index (χ4v) is 3.20. The van der Waals surface area contributed by atoms with Gasteiger partial charge in [-0.25, -0.2) is 0 Å². The molecule has 0 heterocycles. The third-order valence-electron chi connectivity index (χ3n) is 4.89. The van der Waals surface area contributed by atoms with Crippen molar-refractivity contribution in [1.82, 2.24) is 10.2 Å². The lowest BCUT2D eigenvalue weighted by molar-refractivity contribution is 0.399. The predicted molar refractivity (Wildman–Crippen MR) is 115 cm³/mol. The van der Waals surface area contributed by atoms with Gasteiger partial charge in [-0.1, -0.05) is 96.5 Å². The molecule has 0 saturated heterocycles. The van der Waals surface area contributed by atoms with E-state index in [0.717, 1.165) is 6.54 Å². The second kappa shape index (κ2) is 21.5. The van der Waals surface area contributed by atoms with Gasteiger partial charge in [0.05, 0.1) is 0 Å². The number of hydrogen-bond donors (Lipinski definition) is 1. The van der Waals surface area contributed by atoms with Crippen LogP contribution in [-0.2, 0) is 0 Å². The van der Waals surface area contributed by atoms with Gasteiger partial charge in [-0.2, -0.15) is 0 Å². The fraction of sp³-hybridized carbons (Fsp3) is 0.913. The quantitative estimate of drug-likeness (QED) is 0.239. The highest BCUT2D eigenvalue weighted by Gasteiger charge is 1.94. The first-order valence-electron chi connectivity index (χ1n) is 11.3. The molecule has 0 aliphatic rings. The van der Waals surface area contributed by atoms with Gasteiger partial charge in [0.1, 0.15) is 0 Å². The molecule has 1 N–H and O–H groups in total. The van der Waals surface area contributed by atoms with Gasteiger partial charge < -0.3 is 10.2 Å². The zero-order valence-electron chi connectivity index (χ0n) is 17.8. The van der Waals surface area contributed by atoms with Gasteiger partial charge in [-0.3, -0.25) is 0 Å². The van der Waals surface area contributed by atoms with E-state index in [1.54, 1.807) is 0 Å². The number of nitrogens with one attached hydrogen (secondary N) is 1. The minimum Gasteiger partial charge on any atom is -0.391 e. The van der Waals surface area contributed by atoms with Crippen molar-refractivity contribution < 1.29 is 0 Å². The molecular weight excluding hydrogens is 304 g/mol. The van der Waals surface area contributed by atoms with Crippen LogP contribution in [0.3, 0.4) is 0 Å². The summed E-state index contributed by atoms with van der Waals surface area (Å²) >= 11 is 0. The van der Waals surface area contributed by atoms with Crippen LogP contribution in [0.15, 0.2) is 12.3 Å². The number of allylic oxidation sites excluding steroid dienone is 1. The Labute approximate surface area is 159 Å². The maximum atomic E-state index is 3.38. The highest BCUT2D eigenvalue weighted by atomic mass is 15.0. The van der Waals surface area contributed by atoms with Crippen molar-refractivity contribution in [1.29, 1.82) is 0 Å². The van der Waals surface area contributed by atoms with E-state index in [-0.39, 0.29) is 0 Å². The third kappa shape index (κ3) is 23.5. The molecule has 0 aliphatic heterocycles. The smallest absolute Gasteiger partial charge is 0.0153 e. The van der Waals surface area contributed by atoms with E-state index in [1.807, 2.05) is 0 Å².